The molecule has 2 aliphatic heterocycles. The lowest BCUT2D eigenvalue weighted by atomic mass is 9.84. The van der Waals surface area contributed by atoms with Gasteiger partial charge in [0.2, 0.25) is 0 Å². The van der Waals surface area contributed by atoms with E-state index in [1.165, 1.54) is 19.9 Å². The standard InChI is InChI=1S/C22H24N2O10/c1-11-23-21(17(25)29-3,18(26)30-4)15(33-11)13-8-7-9-14(10-13)16-22(19(27)31-5,20(28)32-6)24-12(2)34-16/h7-10,15-16H,1-6H3. The second-order valence-corrected chi connectivity index (χ2v) is 7.43. The third kappa shape index (κ3) is 3.55. The van der Waals surface area contributed by atoms with Gasteiger partial charge in [-0.3, -0.25) is 0 Å². The Labute approximate surface area is 194 Å². The topological polar surface area (TPSA) is 148 Å². The fourth-order valence-electron chi connectivity index (χ4n) is 4.08. The van der Waals surface area contributed by atoms with Crippen LogP contribution in [-0.2, 0) is 47.6 Å². The SMILES string of the molecule is COC(=O)C1(C(=O)OC)N=C(C)OC1c1cccc(C2OC(C)=NC2(C(=O)OC)C(=O)OC)c1. The molecule has 2 aliphatic rings. The maximum Gasteiger partial charge on any atom is 0.350 e. The molecular weight excluding hydrogens is 452 g/mol. The third-order valence-electron chi connectivity index (χ3n) is 5.51. The number of aliphatic imine (C=N–C) groups is 2. The van der Waals surface area contributed by atoms with Gasteiger partial charge in [0.1, 0.15) is 0 Å². The van der Waals surface area contributed by atoms with Crippen molar-refractivity contribution in [2.75, 3.05) is 28.4 Å². The zero-order valence-electron chi connectivity index (χ0n) is 19.4. The maximum atomic E-state index is 12.7. The highest BCUT2D eigenvalue weighted by atomic mass is 16.6. The molecule has 0 saturated heterocycles. The van der Waals surface area contributed by atoms with Crippen molar-refractivity contribution in [3.8, 4) is 0 Å². The lowest BCUT2D eigenvalue weighted by Gasteiger charge is -2.29. The highest BCUT2D eigenvalue weighted by molar-refractivity contribution is 6.10. The van der Waals surface area contributed by atoms with Crippen molar-refractivity contribution in [3.63, 3.8) is 0 Å². The highest BCUT2D eigenvalue weighted by Crippen LogP contribution is 2.44. The van der Waals surface area contributed by atoms with Gasteiger partial charge in [-0.05, 0) is 17.2 Å². The molecule has 0 N–H and O–H groups in total. The molecule has 0 spiro atoms. The van der Waals surface area contributed by atoms with E-state index in [9.17, 15) is 19.2 Å². The van der Waals surface area contributed by atoms with Crippen LogP contribution >= 0.6 is 0 Å². The van der Waals surface area contributed by atoms with E-state index in [0.717, 1.165) is 28.4 Å². The van der Waals surface area contributed by atoms with Crippen LogP contribution in [0.4, 0.5) is 0 Å². The van der Waals surface area contributed by atoms with Crippen LogP contribution in [0.1, 0.15) is 37.2 Å². The number of carbonyl (C=O) groups excluding carboxylic acids is 4. The van der Waals surface area contributed by atoms with E-state index in [1.807, 2.05) is 0 Å². The van der Waals surface area contributed by atoms with E-state index < -0.39 is 47.2 Å². The number of nitrogens with zero attached hydrogens (tertiary/aromatic N) is 2. The summed E-state index contributed by atoms with van der Waals surface area (Å²) in [5, 5.41) is 0. The van der Waals surface area contributed by atoms with Gasteiger partial charge in [-0.15, -0.1) is 0 Å². The molecule has 2 atom stereocenters. The number of methoxy groups -OCH3 is 4. The van der Waals surface area contributed by atoms with Gasteiger partial charge in [0, 0.05) is 13.8 Å². The van der Waals surface area contributed by atoms with E-state index >= 15 is 0 Å². The van der Waals surface area contributed by atoms with Crippen molar-refractivity contribution < 1.29 is 47.6 Å². The predicted molar refractivity (Wildman–Crippen MR) is 114 cm³/mol. The monoisotopic (exact) mass is 476 g/mol. The number of esters is 4. The normalized spacial score (nSPS) is 21.8. The van der Waals surface area contributed by atoms with Gasteiger partial charge >= 0.3 is 23.9 Å². The van der Waals surface area contributed by atoms with Gasteiger partial charge in [0.25, 0.3) is 11.1 Å². The van der Waals surface area contributed by atoms with Crippen molar-refractivity contribution in [2.24, 2.45) is 9.98 Å². The first kappa shape index (κ1) is 24.7. The van der Waals surface area contributed by atoms with E-state index in [0.29, 0.717) is 11.1 Å². The summed E-state index contributed by atoms with van der Waals surface area (Å²) < 4.78 is 30.8. The Morgan fingerprint density at radius 3 is 1.32 bits per heavy atom. The Hall–Kier alpha value is -3.96. The summed E-state index contributed by atoms with van der Waals surface area (Å²) >= 11 is 0. The number of hydrogen-bond donors (Lipinski definition) is 0. The average molecular weight is 476 g/mol. The van der Waals surface area contributed by atoms with Crippen molar-refractivity contribution in [3.05, 3.63) is 35.4 Å². The minimum atomic E-state index is -2.16. The number of carbonyl (C=O) groups is 4. The van der Waals surface area contributed by atoms with Crippen LogP contribution < -0.4 is 0 Å². The van der Waals surface area contributed by atoms with Gasteiger partial charge in [0.05, 0.1) is 28.4 Å². The first-order chi connectivity index (χ1) is 16.1. The Balaban J connectivity index is 2.15. The predicted octanol–water partition coefficient (Wildman–Crippen LogP) is 0.836. The molecule has 0 amide bonds. The van der Waals surface area contributed by atoms with E-state index in [2.05, 4.69) is 9.98 Å². The van der Waals surface area contributed by atoms with Crippen LogP contribution in [0.5, 0.6) is 0 Å². The molecule has 0 bridgehead atoms. The Bertz CT molecular complexity index is 980. The summed E-state index contributed by atoms with van der Waals surface area (Å²) in [7, 11) is 4.43. The van der Waals surface area contributed by atoms with Gasteiger partial charge in [0.15, 0.2) is 24.0 Å². The quantitative estimate of drug-likeness (QED) is 0.328. The molecule has 3 rings (SSSR count). The number of hydrogen-bond acceptors (Lipinski definition) is 12. The zero-order chi connectivity index (χ0) is 25.3. The molecule has 2 unspecified atom stereocenters. The molecular formula is C22H24N2O10. The molecule has 0 fully saturated rings. The van der Waals surface area contributed by atoms with E-state index in [1.54, 1.807) is 18.2 Å². The van der Waals surface area contributed by atoms with Crippen molar-refractivity contribution in [1.29, 1.82) is 0 Å². The van der Waals surface area contributed by atoms with Gasteiger partial charge in [-0.25, -0.2) is 29.2 Å². The average Bonchev–Trinajstić information content (AvgIpc) is 3.40. The van der Waals surface area contributed by atoms with Crippen LogP contribution in [0.25, 0.3) is 0 Å². The maximum absolute atomic E-state index is 12.7. The molecule has 12 nitrogen and oxygen atoms in total. The molecule has 1 aromatic carbocycles. The molecule has 0 aliphatic carbocycles. The van der Waals surface area contributed by atoms with Crippen LogP contribution in [-0.4, -0.2) is 75.2 Å². The molecule has 0 saturated carbocycles. The van der Waals surface area contributed by atoms with Crippen molar-refractivity contribution in [1.82, 2.24) is 0 Å². The lowest BCUT2D eigenvalue weighted by molar-refractivity contribution is -0.166. The van der Waals surface area contributed by atoms with Crippen LogP contribution in [0.15, 0.2) is 34.3 Å². The molecule has 12 heteroatoms. The fraction of sp³-hybridized carbons (Fsp3) is 0.455. The summed E-state index contributed by atoms with van der Waals surface area (Å²) in [4.78, 5) is 59.2. The van der Waals surface area contributed by atoms with Gasteiger partial charge < -0.3 is 28.4 Å². The Morgan fingerprint density at radius 2 is 1.03 bits per heavy atom. The van der Waals surface area contributed by atoms with Gasteiger partial charge in [-0.2, -0.15) is 0 Å². The Morgan fingerprint density at radius 1 is 0.706 bits per heavy atom. The van der Waals surface area contributed by atoms with E-state index in [-0.39, 0.29) is 11.8 Å². The van der Waals surface area contributed by atoms with E-state index in [4.69, 9.17) is 28.4 Å². The third-order valence-corrected chi connectivity index (χ3v) is 5.51. The second-order valence-electron chi connectivity index (χ2n) is 7.43. The summed E-state index contributed by atoms with van der Waals surface area (Å²) in [5.74, 6) is -3.83. The smallest absolute Gasteiger partial charge is 0.350 e. The molecule has 2 heterocycles. The van der Waals surface area contributed by atoms with Crippen LogP contribution in [0.2, 0.25) is 0 Å². The number of rotatable bonds is 6. The highest BCUT2D eigenvalue weighted by Gasteiger charge is 2.63. The summed E-state index contributed by atoms with van der Waals surface area (Å²) in [6.45, 7) is 2.95. The van der Waals surface area contributed by atoms with Crippen LogP contribution in [0.3, 0.4) is 0 Å². The number of ether oxygens (including phenoxy) is 6. The first-order valence-corrected chi connectivity index (χ1v) is 10.0. The first-order valence-electron chi connectivity index (χ1n) is 10.0. The second kappa shape index (κ2) is 9.12. The largest absolute Gasteiger partial charge is 0.469 e. The number of benzene rings is 1. The Kier molecular flexibility index (Phi) is 6.62. The van der Waals surface area contributed by atoms with Crippen molar-refractivity contribution >= 4 is 35.7 Å². The molecule has 0 radical (unpaired) electrons. The van der Waals surface area contributed by atoms with Gasteiger partial charge in [-0.1, -0.05) is 18.2 Å². The fourth-order valence-corrected chi connectivity index (χ4v) is 4.08. The summed E-state index contributed by atoms with van der Waals surface area (Å²) in [6.07, 6.45) is -2.53. The molecule has 182 valence electrons. The summed E-state index contributed by atoms with van der Waals surface area (Å²) in [5.41, 5.74) is -3.72. The molecule has 0 aromatic heterocycles. The molecule has 34 heavy (non-hydrogen) atoms. The minimum absolute atomic E-state index is 0.0564. The zero-order valence-corrected chi connectivity index (χ0v) is 19.4. The molecule has 1 aromatic rings. The minimum Gasteiger partial charge on any atom is -0.469 e. The lowest BCUT2D eigenvalue weighted by Crippen LogP contribution is -2.50. The van der Waals surface area contributed by atoms with Crippen LogP contribution in [0, 0.1) is 0 Å². The van der Waals surface area contributed by atoms with Crippen molar-refractivity contribution in [2.45, 2.75) is 37.1 Å². The summed E-state index contributed by atoms with van der Waals surface area (Å²) in [6, 6.07) is 6.21.